The second kappa shape index (κ2) is 10.1. The first-order valence-electron chi connectivity index (χ1n) is 10.9. The minimum absolute atomic E-state index is 0.130. The molecule has 5 heteroatoms. The lowest BCUT2D eigenvalue weighted by Gasteiger charge is -2.44. The number of ether oxygens (including phenoxy) is 2. The van der Waals surface area contributed by atoms with Gasteiger partial charge in [0.05, 0.1) is 13.2 Å². The molecular formula is C27H34O4Si. The van der Waals surface area contributed by atoms with E-state index in [9.17, 15) is 5.11 Å². The first-order chi connectivity index (χ1) is 15.3. The summed E-state index contributed by atoms with van der Waals surface area (Å²) in [4.78, 5) is 0. The van der Waals surface area contributed by atoms with Crippen molar-refractivity contribution in [3.8, 4) is 0 Å². The number of rotatable bonds is 9. The highest BCUT2D eigenvalue weighted by Crippen LogP contribution is 2.37. The Bertz CT molecular complexity index is 880. The Labute approximate surface area is 193 Å². The molecule has 0 bridgehead atoms. The summed E-state index contributed by atoms with van der Waals surface area (Å²) in [7, 11) is -2.68. The van der Waals surface area contributed by atoms with Crippen molar-refractivity contribution in [3.63, 3.8) is 0 Å². The van der Waals surface area contributed by atoms with E-state index in [0.717, 1.165) is 0 Å². The summed E-state index contributed by atoms with van der Waals surface area (Å²) in [5.74, 6) is 0. The van der Waals surface area contributed by atoms with Crippen LogP contribution < -0.4 is 10.4 Å². The molecule has 1 aliphatic rings. The molecule has 170 valence electrons. The average Bonchev–Trinajstić information content (AvgIpc) is 2.80. The number of hydrogen-bond acceptors (Lipinski definition) is 4. The molecule has 0 radical (unpaired) electrons. The summed E-state index contributed by atoms with van der Waals surface area (Å²) in [6.45, 7) is 14.7. The van der Waals surface area contributed by atoms with Crippen LogP contribution in [-0.2, 0) is 13.9 Å². The van der Waals surface area contributed by atoms with Gasteiger partial charge in [0.25, 0.3) is 8.32 Å². The van der Waals surface area contributed by atoms with Gasteiger partial charge < -0.3 is 19.0 Å². The van der Waals surface area contributed by atoms with E-state index in [4.69, 9.17) is 13.9 Å². The largest absolute Gasteiger partial charge is 0.404 e. The van der Waals surface area contributed by atoms with Crippen molar-refractivity contribution in [2.24, 2.45) is 0 Å². The number of benzene rings is 2. The summed E-state index contributed by atoms with van der Waals surface area (Å²) >= 11 is 0. The Kier molecular flexibility index (Phi) is 7.70. The normalized spacial score (nSPS) is 23.6. The van der Waals surface area contributed by atoms with Crippen LogP contribution in [0.5, 0.6) is 0 Å². The molecule has 0 saturated carbocycles. The van der Waals surface area contributed by atoms with E-state index in [1.54, 1.807) is 12.2 Å². The monoisotopic (exact) mass is 450 g/mol. The van der Waals surface area contributed by atoms with Crippen molar-refractivity contribution < 1.29 is 19.0 Å². The van der Waals surface area contributed by atoms with Crippen LogP contribution in [0, 0.1) is 0 Å². The molecule has 2 aromatic carbocycles. The molecule has 1 aliphatic heterocycles. The van der Waals surface area contributed by atoms with E-state index < -0.39 is 20.2 Å². The van der Waals surface area contributed by atoms with Gasteiger partial charge in [0, 0.05) is 0 Å². The van der Waals surface area contributed by atoms with Crippen LogP contribution in [0.1, 0.15) is 20.8 Å². The minimum Gasteiger partial charge on any atom is -0.404 e. The van der Waals surface area contributed by atoms with Crippen LogP contribution in [0.15, 0.2) is 98.1 Å². The van der Waals surface area contributed by atoms with Gasteiger partial charge in [-0.3, -0.25) is 0 Å². The smallest absolute Gasteiger partial charge is 0.261 e. The Morgan fingerprint density at radius 1 is 1.03 bits per heavy atom. The summed E-state index contributed by atoms with van der Waals surface area (Å²) in [5, 5.41) is 13.1. The first-order valence-corrected chi connectivity index (χ1v) is 12.9. The Morgan fingerprint density at radius 2 is 1.59 bits per heavy atom. The van der Waals surface area contributed by atoms with Gasteiger partial charge in [0.15, 0.2) is 11.9 Å². The van der Waals surface area contributed by atoms with Crippen molar-refractivity contribution in [2.45, 2.75) is 43.8 Å². The predicted octanol–water partition coefficient (Wildman–Crippen LogP) is 3.96. The third-order valence-corrected chi connectivity index (χ3v) is 10.8. The molecule has 4 nitrogen and oxygen atoms in total. The van der Waals surface area contributed by atoms with Gasteiger partial charge in [0.1, 0.15) is 6.10 Å². The third kappa shape index (κ3) is 4.87. The Balaban J connectivity index is 1.96. The third-order valence-electron chi connectivity index (χ3n) is 5.83. The summed E-state index contributed by atoms with van der Waals surface area (Å²) in [6.07, 6.45) is 5.31. The molecule has 1 heterocycles. The molecular weight excluding hydrogens is 416 g/mol. The van der Waals surface area contributed by atoms with Crippen molar-refractivity contribution in [2.75, 3.05) is 13.2 Å². The molecule has 0 aliphatic carbocycles. The van der Waals surface area contributed by atoms with Crippen LogP contribution in [0.4, 0.5) is 0 Å². The molecule has 3 atom stereocenters. The lowest BCUT2D eigenvalue weighted by molar-refractivity contribution is -0.226. The lowest BCUT2D eigenvalue weighted by Crippen LogP contribution is -2.67. The zero-order valence-electron chi connectivity index (χ0n) is 19.2. The second-order valence-corrected chi connectivity index (χ2v) is 13.4. The van der Waals surface area contributed by atoms with E-state index in [0.29, 0.717) is 6.61 Å². The van der Waals surface area contributed by atoms with Gasteiger partial charge in [-0.25, -0.2) is 0 Å². The summed E-state index contributed by atoms with van der Waals surface area (Å²) < 4.78 is 18.7. The number of aliphatic hydroxyl groups is 1. The fourth-order valence-electron chi connectivity index (χ4n) is 4.21. The molecule has 0 fully saturated rings. The quantitative estimate of drug-likeness (QED) is 0.464. The van der Waals surface area contributed by atoms with E-state index in [2.05, 4.69) is 82.5 Å². The van der Waals surface area contributed by atoms with Crippen molar-refractivity contribution in [1.29, 1.82) is 0 Å². The van der Waals surface area contributed by atoms with Crippen molar-refractivity contribution in [3.05, 3.63) is 98.1 Å². The van der Waals surface area contributed by atoms with Gasteiger partial charge in [-0.05, 0) is 21.5 Å². The van der Waals surface area contributed by atoms with Crippen LogP contribution >= 0.6 is 0 Å². The maximum absolute atomic E-state index is 10.8. The molecule has 2 aromatic rings. The molecule has 0 saturated heterocycles. The molecule has 1 N–H and O–H groups in total. The topological polar surface area (TPSA) is 47.9 Å². The summed E-state index contributed by atoms with van der Waals surface area (Å²) in [5.41, 5.74) is -1.39. The molecule has 0 unspecified atom stereocenters. The maximum Gasteiger partial charge on any atom is 0.261 e. The predicted molar refractivity (Wildman–Crippen MR) is 133 cm³/mol. The van der Waals surface area contributed by atoms with Gasteiger partial charge in [-0.15, -0.1) is 6.58 Å². The minimum atomic E-state index is -2.68. The maximum atomic E-state index is 10.8. The van der Waals surface area contributed by atoms with E-state index in [1.165, 1.54) is 16.4 Å². The summed E-state index contributed by atoms with van der Waals surface area (Å²) in [6, 6.07) is 21.0. The van der Waals surface area contributed by atoms with E-state index >= 15 is 0 Å². The van der Waals surface area contributed by atoms with Gasteiger partial charge >= 0.3 is 0 Å². The zero-order valence-corrected chi connectivity index (χ0v) is 20.2. The molecule has 0 aromatic heterocycles. The first kappa shape index (κ1) is 24.4. The SMILES string of the molecule is C=CCO[C@H]1O[C@H](CO[Si](c2ccccc2)(c2ccccc2)C(C)(C)C)C=C[C@]1(O)C=C. The fourth-order valence-corrected chi connectivity index (χ4v) is 8.78. The Hall–Kier alpha value is -2.28. The van der Waals surface area contributed by atoms with E-state index in [-0.39, 0.29) is 17.7 Å². The highest BCUT2D eigenvalue weighted by atomic mass is 28.4. The molecule has 0 amide bonds. The molecule has 32 heavy (non-hydrogen) atoms. The standard InChI is InChI=1S/C27H34O4Si/c1-6-20-29-25-27(28,7-2)19-18-22(31-25)21-30-32(26(3,4)5,23-14-10-8-11-15-23)24-16-12-9-13-17-24/h6-19,22,25,28H,1-2,20-21H2,3-5H3/t22-,25-,27+/m0/s1. The van der Waals surface area contributed by atoms with Gasteiger partial charge in [-0.1, -0.05) is 106 Å². The van der Waals surface area contributed by atoms with Crippen LogP contribution in [0.3, 0.4) is 0 Å². The van der Waals surface area contributed by atoms with Crippen LogP contribution in [0.25, 0.3) is 0 Å². The van der Waals surface area contributed by atoms with Crippen molar-refractivity contribution in [1.82, 2.24) is 0 Å². The fraction of sp³-hybridized carbons (Fsp3) is 0.333. The lowest BCUT2D eigenvalue weighted by atomic mass is 9.99. The van der Waals surface area contributed by atoms with E-state index in [1.807, 2.05) is 18.2 Å². The number of hydrogen-bond donors (Lipinski definition) is 1. The van der Waals surface area contributed by atoms with Crippen molar-refractivity contribution >= 4 is 18.7 Å². The second-order valence-electron chi connectivity index (χ2n) is 9.05. The Morgan fingerprint density at radius 3 is 2.06 bits per heavy atom. The molecule has 3 rings (SSSR count). The highest BCUT2D eigenvalue weighted by Gasteiger charge is 2.50. The molecule has 0 spiro atoms. The average molecular weight is 451 g/mol. The highest BCUT2D eigenvalue weighted by molar-refractivity contribution is 6.99. The zero-order chi connectivity index (χ0) is 23.2. The van der Waals surface area contributed by atoms with Crippen LogP contribution in [-0.4, -0.2) is 44.6 Å². The van der Waals surface area contributed by atoms with Crippen LogP contribution in [0.2, 0.25) is 5.04 Å². The van der Waals surface area contributed by atoms with Gasteiger partial charge in [0.2, 0.25) is 0 Å². The van der Waals surface area contributed by atoms with Gasteiger partial charge in [-0.2, -0.15) is 0 Å².